The molecule has 1 N–H and O–H groups in total. The number of unbranched alkanes of at least 4 members (excludes halogenated alkanes) is 13. The van der Waals surface area contributed by atoms with Crippen molar-refractivity contribution in [1.82, 2.24) is 5.32 Å². The van der Waals surface area contributed by atoms with Crippen LogP contribution in [0.5, 0.6) is 0 Å². The summed E-state index contributed by atoms with van der Waals surface area (Å²) in [5.74, 6) is 0.565. The number of thiol groups is 1. The molecule has 0 aliphatic carbocycles. The lowest BCUT2D eigenvalue weighted by atomic mass is 10.0. The standard InChI is InChI=1S/C27H45NO3S/c1-31-27(30)25(23-24-19-15-14-16-20-24)28-26(29)21-17-12-10-8-6-4-2-3-5-7-9-11-13-18-22-32/h14-16,19-20,25,32H,2-13,17-18,21-23H2,1H3,(H,28,29)/t25-/m0/s1. The first-order chi connectivity index (χ1) is 15.7. The third-order valence-electron chi connectivity index (χ3n) is 5.92. The maximum atomic E-state index is 12.3. The maximum Gasteiger partial charge on any atom is 0.328 e. The number of carbonyl (C=O) groups is 2. The van der Waals surface area contributed by atoms with E-state index in [1.165, 1.54) is 84.2 Å². The van der Waals surface area contributed by atoms with Gasteiger partial charge in [0.1, 0.15) is 6.04 Å². The lowest BCUT2D eigenvalue weighted by Crippen LogP contribution is -2.43. The first kappa shape index (κ1) is 28.5. The molecule has 0 aliphatic rings. The van der Waals surface area contributed by atoms with Crippen LogP contribution in [0.2, 0.25) is 0 Å². The predicted octanol–water partition coefficient (Wildman–Crippen LogP) is 6.67. The number of methoxy groups -OCH3 is 1. The van der Waals surface area contributed by atoms with E-state index in [4.69, 9.17) is 4.74 Å². The van der Waals surface area contributed by atoms with Crippen LogP contribution < -0.4 is 5.32 Å². The summed E-state index contributed by atoms with van der Waals surface area (Å²) in [4.78, 5) is 24.3. The molecule has 1 aromatic rings. The Morgan fingerprint density at radius 3 is 1.72 bits per heavy atom. The average Bonchev–Trinajstić information content (AvgIpc) is 2.81. The van der Waals surface area contributed by atoms with Crippen LogP contribution in [0, 0.1) is 0 Å². The molecular formula is C27H45NO3S. The second-order valence-electron chi connectivity index (χ2n) is 8.76. The molecule has 0 unspecified atom stereocenters. The summed E-state index contributed by atoms with van der Waals surface area (Å²) in [6, 6.07) is 9.08. The zero-order chi connectivity index (χ0) is 23.3. The van der Waals surface area contributed by atoms with Crippen molar-refractivity contribution in [3.05, 3.63) is 35.9 Å². The van der Waals surface area contributed by atoms with Gasteiger partial charge in [0.05, 0.1) is 7.11 Å². The van der Waals surface area contributed by atoms with Crippen LogP contribution in [0.3, 0.4) is 0 Å². The summed E-state index contributed by atoms with van der Waals surface area (Å²) in [6.45, 7) is 0. The number of nitrogens with one attached hydrogen (secondary N) is 1. The van der Waals surface area contributed by atoms with E-state index in [0.29, 0.717) is 12.8 Å². The number of benzene rings is 1. The molecule has 1 aromatic carbocycles. The molecule has 0 fully saturated rings. The SMILES string of the molecule is COC(=O)[C@H](Cc1ccccc1)NC(=O)CCCCCCCCCCCCCCCCS. The zero-order valence-electron chi connectivity index (χ0n) is 20.2. The molecule has 0 bridgehead atoms. The zero-order valence-corrected chi connectivity index (χ0v) is 21.1. The summed E-state index contributed by atoms with van der Waals surface area (Å²) >= 11 is 4.25. The van der Waals surface area contributed by atoms with Crippen molar-refractivity contribution in [3.8, 4) is 0 Å². The van der Waals surface area contributed by atoms with E-state index < -0.39 is 12.0 Å². The molecular weight excluding hydrogens is 418 g/mol. The highest BCUT2D eigenvalue weighted by atomic mass is 32.1. The van der Waals surface area contributed by atoms with Crippen LogP contribution in [-0.4, -0.2) is 30.8 Å². The van der Waals surface area contributed by atoms with Crippen molar-refractivity contribution >= 4 is 24.5 Å². The summed E-state index contributed by atoms with van der Waals surface area (Å²) in [5, 5.41) is 2.85. The molecule has 1 rings (SSSR count). The van der Waals surface area contributed by atoms with Crippen LogP contribution in [0.4, 0.5) is 0 Å². The van der Waals surface area contributed by atoms with Crippen LogP contribution in [-0.2, 0) is 20.7 Å². The minimum atomic E-state index is -0.622. The minimum absolute atomic E-state index is 0.0676. The molecule has 0 saturated carbocycles. The number of hydrogen-bond donors (Lipinski definition) is 2. The smallest absolute Gasteiger partial charge is 0.328 e. The molecule has 32 heavy (non-hydrogen) atoms. The van der Waals surface area contributed by atoms with Gasteiger partial charge >= 0.3 is 5.97 Å². The third kappa shape index (κ3) is 15.3. The number of amides is 1. The second kappa shape index (κ2) is 20.1. The fourth-order valence-electron chi connectivity index (χ4n) is 3.97. The molecule has 0 heterocycles. The molecule has 0 aliphatic heterocycles. The van der Waals surface area contributed by atoms with Gasteiger partial charge in [0.15, 0.2) is 0 Å². The van der Waals surface area contributed by atoms with E-state index in [9.17, 15) is 9.59 Å². The monoisotopic (exact) mass is 463 g/mol. The Kier molecular flexibility index (Phi) is 18.0. The average molecular weight is 464 g/mol. The van der Waals surface area contributed by atoms with Gasteiger partial charge in [-0.3, -0.25) is 4.79 Å². The molecule has 1 amide bonds. The first-order valence-corrected chi connectivity index (χ1v) is 13.3. The molecule has 0 radical (unpaired) electrons. The fraction of sp³-hybridized carbons (Fsp3) is 0.704. The molecule has 1 atom stereocenters. The Morgan fingerprint density at radius 2 is 1.25 bits per heavy atom. The van der Waals surface area contributed by atoms with Gasteiger partial charge in [-0.15, -0.1) is 0 Å². The van der Waals surface area contributed by atoms with E-state index in [2.05, 4.69) is 17.9 Å². The maximum absolute atomic E-state index is 12.3. The van der Waals surface area contributed by atoms with Crippen molar-refractivity contribution < 1.29 is 14.3 Å². The molecule has 0 saturated heterocycles. The van der Waals surface area contributed by atoms with E-state index in [-0.39, 0.29) is 5.91 Å². The number of rotatable bonds is 20. The summed E-state index contributed by atoms with van der Waals surface area (Å²) in [7, 11) is 1.36. The van der Waals surface area contributed by atoms with Gasteiger partial charge in [-0.25, -0.2) is 4.79 Å². The van der Waals surface area contributed by atoms with E-state index in [1.807, 2.05) is 30.3 Å². The molecule has 0 aromatic heterocycles. The molecule has 5 heteroatoms. The highest BCUT2D eigenvalue weighted by Crippen LogP contribution is 2.13. The molecule has 0 spiro atoms. The lowest BCUT2D eigenvalue weighted by molar-refractivity contribution is -0.145. The quantitative estimate of drug-likeness (QED) is 0.129. The first-order valence-electron chi connectivity index (χ1n) is 12.7. The van der Waals surface area contributed by atoms with Gasteiger partial charge in [0.2, 0.25) is 5.91 Å². The topological polar surface area (TPSA) is 55.4 Å². The van der Waals surface area contributed by atoms with Gasteiger partial charge < -0.3 is 10.1 Å². The summed E-state index contributed by atoms with van der Waals surface area (Å²) in [6.07, 6.45) is 18.8. The van der Waals surface area contributed by atoms with Crippen molar-refractivity contribution in [2.75, 3.05) is 12.9 Å². The van der Waals surface area contributed by atoms with Gasteiger partial charge in [-0.2, -0.15) is 12.6 Å². The van der Waals surface area contributed by atoms with Crippen molar-refractivity contribution in [2.24, 2.45) is 0 Å². The lowest BCUT2D eigenvalue weighted by Gasteiger charge is -2.16. The van der Waals surface area contributed by atoms with Crippen LogP contribution in [0.25, 0.3) is 0 Å². The predicted molar refractivity (Wildman–Crippen MR) is 137 cm³/mol. The van der Waals surface area contributed by atoms with Crippen molar-refractivity contribution in [2.45, 2.75) is 109 Å². The number of hydrogen-bond acceptors (Lipinski definition) is 4. The number of esters is 1. The molecule has 182 valence electrons. The van der Waals surface area contributed by atoms with Gasteiger partial charge in [-0.1, -0.05) is 107 Å². The summed E-state index contributed by atoms with van der Waals surface area (Å²) < 4.78 is 4.86. The molecule has 4 nitrogen and oxygen atoms in total. The number of ether oxygens (including phenoxy) is 1. The largest absolute Gasteiger partial charge is 0.467 e. The highest BCUT2D eigenvalue weighted by Gasteiger charge is 2.21. The Morgan fingerprint density at radius 1 is 0.781 bits per heavy atom. The Balaban J connectivity index is 2.00. The van der Waals surface area contributed by atoms with Gasteiger partial charge in [0.25, 0.3) is 0 Å². The highest BCUT2D eigenvalue weighted by molar-refractivity contribution is 7.80. The second-order valence-corrected chi connectivity index (χ2v) is 9.20. The van der Waals surface area contributed by atoms with Gasteiger partial charge in [0, 0.05) is 12.8 Å². The summed E-state index contributed by atoms with van der Waals surface area (Å²) in [5.41, 5.74) is 1.01. The van der Waals surface area contributed by atoms with E-state index in [1.54, 1.807) is 0 Å². The van der Waals surface area contributed by atoms with Crippen LogP contribution in [0.1, 0.15) is 102 Å². The fourth-order valence-corrected chi connectivity index (χ4v) is 4.19. The minimum Gasteiger partial charge on any atom is -0.467 e. The van der Waals surface area contributed by atoms with Crippen molar-refractivity contribution in [1.29, 1.82) is 0 Å². The Labute approximate surface area is 201 Å². The van der Waals surface area contributed by atoms with Crippen LogP contribution >= 0.6 is 12.6 Å². The Bertz CT molecular complexity index is 594. The Hall–Kier alpha value is -1.49. The van der Waals surface area contributed by atoms with Gasteiger partial charge in [-0.05, 0) is 24.2 Å². The number of carbonyl (C=O) groups excluding carboxylic acids is 2. The van der Waals surface area contributed by atoms with E-state index in [0.717, 1.165) is 24.2 Å². The normalized spacial score (nSPS) is 11.8. The van der Waals surface area contributed by atoms with Crippen LogP contribution in [0.15, 0.2) is 30.3 Å². The van der Waals surface area contributed by atoms with Crippen molar-refractivity contribution in [3.63, 3.8) is 0 Å². The van der Waals surface area contributed by atoms with E-state index >= 15 is 0 Å². The third-order valence-corrected chi connectivity index (χ3v) is 6.23.